The fourth-order valence-electron chi connectivity index (χ4n) is 3.24. The summed E-state index contributed by atoms with van der Waals surface area (Å²) in [5.74, 6) is 1.27. The third kappa shape index (κ3) is 6.39. The van der Waals surface area contributed by atoms with Gasteiger partial charge in [-0.15, -0.1) is 11.3 Å². The Morgan fingerprint density at radius 2 is 1.87 bits per heavy atom. The van der Waals surface area contributed by atoms with E-state index < -0.39 is 0 Å². The molecule has 31 heavy (non-hydrogen) atoms. The van der Waals surface area contributed by atoms with Crippen LogP contribution in [0.15, 0.2) is 53.9 Å². The number of carbonyl (C=O) groups excluding carboxylic acids is 1. The van der Waals surface area contributed by atoms with E-state index in [0.29, 0.717) is 37.8 Å². The van der Waals surface area contributed by atoms with Gasteiger partial charge in [-0.2, -0.15) is 0 Å². The van der Waals surface area contributed by atoms with Gasteiger partial charge in [-0.05, 0) is 36.6 Å². The minimum absolute atomic E-state index is 0.0197. The van der Waals surface area contributed by atoms with Crippen LogP contribution in [0.2, 0.25) is 0 Å². The number of carbonyl (C=O) groups is 1. The zero-order valence-electron chi connectivity index (χ0n) is 18.6. The number of ether oxygens (including phenoxy) is 2. The molecular weight excluding hydrogens is 408 g/mol. The standard InChI is InChI=1S/C25H30N2O3S/c1-18(2)22-7-5-6-8-23(22)30-16-24-26-21(17-31-24)15-27(13-14-29-4)25(28)20-11-9-19(3)10-12-20/h5-12,17-18H,13-16H2,1-4H3. The Morgan fingerprint density at radius 1 is 1.13 bits per heavy atom. The van der Waals surface area contributed by atoms with Gasteiger partial charge in [-0.25, -0.2) is 4.98 Å². The van der Waals surface area contributed by atoms with Crippen LogP contribution in [0.4, 0.5) is 0 Å². The summed E-state index contributed by atoms with van der Waals surface area (Å²) in [7, 11) is 1.64. The van der Waals surface area contributed by atoms with E-state index in [2.05, 4.69) is 19.9 Å². The number of hydrogen-bond donors (Lipinski definition) is 0. The van der Waals surface area contributed by atoms with Crippen molar-refractivity contribution >= 4 is 17.2 Å². The van der Waals surface area contributed by atoms with Crippen LogP contribution in [-0.4, -0.2) is 36.1 Å². The third-order valence-corrected chi connectivity index (χ3v) is 5.87. The quantitative estimate of drug-likeness (QED) is 0.423. The number of thiazole rings is 1. The summed E-state index contributed by atoms with van der Waals surface area (Å²) in [5, 5.41) is 2.89. The second-order valence-electron chi connectivity index (χ2n) is 7.80. The monoisotopic (exact) mass is 438 g/mol. The molecule has 0 spiro atoms. The highest BCUT2D eigenvalue weighted by Crippen LogP contribution is 2.27. The molecule has 2 aromatic carbocycles. The van der Waals surface area contributed by atoms with Gasteiger partial charge in [0.1, 0.15) is 17.4 Å². The first kappa shape index (κ1) is 23.0. The molecule has 0 aliphatic heterocycles. The lowest BCUT2D eigenvalue weighted by Gasteiger charge is -2.21. The smallest absolute Gasteiger partial charge is 0.254 e. The molecule has 3 aromatic rings. The van der Waals surface area contributed by atoms with Gasteiger partial charge in [-0.3, -0.25) is 4.79 Å². The molecule has 0 aliphatic rings. The molecule has 0 unspecified atom stereocenters. The lowest BCUT2D eigenvalue weighted by Crippen LogP contribution is -2.33. The maximum atomic E-state index is 13.0. The molecule has 6 heteroatoms. The van der Waals surface area contributed by atoms with Crippen molar-refractivity contribution in [3.05, 3.63) is 81.3 Å². The molecule has 0 radical (unpaired) electrons. The molecule has 0 atom stereocenters. The fourth-order valence-corrected chi connectivity index (χ4v) is 3.94. The van der Waals surface area contributed by atoms with E-state index in [1.165, 1.54) is 5.56 Å². The van der Waals surface area contributed by atoms with Gasteiger partial charge < -0.3 is 14.4 Å². The Balaban J connectivity index is 1.66. The van der Waals surface area contributed by atoms with Crippen molar-refractivity contribution in [3.63, 3.8) is 0 Å². The Kier molecular flexibility index (Phi) is 8.20. The average molecular weight is 439 g/mol. The van der Waals surface area contributed by atoms with Crippen molar-refractivity contribution in [3.8, 4) is 5.75 Å². The largest absolute Gasteiger partial charge is 0.486 e. The number of aryl methyl sites for hydroxylation is 1. The van der Waals surface area contributed by atoms with Crippen LogP contribution >= 0.6 is 11.3 Å². The summed E-state index contributed by atoms with van der Waals surface area (Å²) < 4.78 is 11.2. The van der Waals surface area contributed by atoms with E-state index in [0.717, 1.165) is 22.0 Å². The number of benzene rings is 2. The van der Waals surface area contributed by atoms with Crippen LogP contribution in [0.25, 0.3) is 0 Å². The minimum atomic E-state index is -0.0197. The summed E-state index contributed by atoms with van der Waals surface area (Å²) >= 11 is 1.55. The predicted octanol–water partition coefficient (Wildman–Crippen LogP) is 5.44. The summed E-state index contributed by atoms with van der Waals surface area (Å²) in [5.41, 5.74) is 3.85. The molecule has 0 N–H and O–H groups in total. The second-order valence-corrected chi connectivity index (χ2v) is 8.74. The average Bonchev–Trinajstić information content (AvgIpc) is 3.22. The Labute approximate surface area is 188 Å². The molecule has 3 rings (SSSR count). The highest BCUT2D eigenvalue weighted by atomic mass is 32.1. The number of aromatic nitrogens is 1. The van der Waals surface area contributed by atoms with Gasteiger partial charge in [0.05, 0.1) is 18.8 Å². The van der Waals surface area contributed by atoms with Crippen LogP contribution in [0.5, 0.6) is 5.75 Å². The first-order valence-electron chi connectivity index (χ1n) is 10.5. The normalized spacial score (nSPS) is 11.0. The zero-order valence-corrected chi connectivity index (χ0v) is 19.4. The zero-order chi connectivity index (χ0) is 22.2. The van der Waals surface area contributed by atoms with Crippen LogP contribution in [0, 0.1) is 6.92 Å². The molecule has 1 heterocycles. The van der Waals surface area contributed by atoms with Gasteiger partial charge in [0.25, 0.3) is 5.91 Å². The summed E-state index contributed by atoms with van der Waals surface area (Å²) in [6.45, 7) is 8.16. The van der Waals surface area contributed by atoms with Gasteiger partial charge in [-0.1, -0.05) is 49.7 Å². The van der Waals surface area contributed by atoms with Crippen molar-refractivity contribution < 1.29 is 14.3 Å². The maximum absolute atomic E-state index is 13.0. The first-order chi connectivity index (χ1) is 15.0. The van der Waals surface area contributed by atoms with Gasteiger partial charge in [0, 0.05) is 24.6 Å². The lowest BCUT2D eigenvalue weighted by atomic mass is 10.0. The highest BCUT2D eigenvalue weighted by molar-refractivity contribution is 7.09. The van der Waals surface area contributed by atoms with Crippen molar-refractivity contribution in [1.82, 2.24) is 9.88 Å². The molecule has 0 aliphatic carbocycles. The van der Waals surface area contributed by atoms with E-state index in [-0.39, 0.29) is 5.91 Å². The summed E-state index contributed by atoms with van der Waals surface area (Å²) in [4.78, 5) is 19.5. The minimum Gasteiger partial charge on any atom is -0.486 e. The van der Waals surface area contributed by atoms with E-state index in [1.54, 1.807) is 23.3 Å². The number of amides is 1. The van der Waals surface area contributed by atoms with E-state index >= 15 is 0 Å². The number of rotatable bonds is 10. The number of methoxy groups -OCH3 is 1. The molecule has 0 bridgehead atoms. The van der Waals surface area contributed by atoms with Crippen LogP contribution < -0.4 is 4.74 Å². The maximum Gasteiger partial charge on any atom is 0.254 e. The highest BCUT2D eigenvalue weighted by Gasteiger charge is 2.18. The van der Waals surface area contributed by atoms with Crippen molar-refractivity contribution in [2.45, 2.75) is 39.8 Å². The molecular formula is C25H30N2O3S. The van der Waals surface area contributed by atoms with Crippen molar-refractivity contribution in [2.24, 2.45) is 0 Å². The first-order valence-corrected chi connectivity index (χ1v) is 11.4. The number of hydrogen-bond acceptors (Lipinski definition) is 5. The number of nitrogens with zero attached hydrogens (tertiary/aromatic N) is 2. The second kappa shape index (κ2) is 11.1. The Morgan fingerprint density at radius 3 is 2.58 bits per heavy atom. The molecule has 1 amide bonds. The van der Waals surface area contributed by atoms with E-state index in [1.807, 2.05) is 54.8 Å². The molecule has 1 aromatic heterocycles. The van der Waals surface area contributed by atoms with E-state index in [9.17, 15) is 4.79 Å². The SMILES string of the molecule is COCCN(Cc1csc(COc2ccccc2C(C)C)n1)C(=O)c1ccc(C)cc1. The topological polar surface area (TPSA) is 51.7 Å². The van der Waals surface area contributed by atoms with Crippen LogP contribution in [-0.2, 0) is 17.9 Å². The molecule has 0 saturated carbocycles. The summed E-state index contributed by atoms with van der Waals surface area (Å²) in [6, 6.07) is 15.7. The number of para-hydroxylation sites is 1. The molecule has 5 nitrogen and oxygen atoms in total. The van der Waals surface area contributed by atoms with Crippen LogP contribution in [0.3, 0.4) is 0 Å². The van der Waals surface area contributed by atoms with Crippen LogP contribution in [0.1, 0.15) is 52.0 Å². The van der Waals surface area contributed by atoms with Crippen molar-refractivity contribution in [1.29, 1.82) is 0 Å². The Hall–Kier alpha value is -2.70. The molecule has 0 saturated heterocycles. The molecule has 0 fully saturated rings. The molecule has 164 valence electrons. The fraction of sp³-hybridized carbons (Fsp3) is 0.360. The van der Waals surface area contributed by atoms with E-state index in [4.69, 9.17) is 14.5 Å². The van der Waals surface area contributed by atoms with Gasteiger partial charge >= 0.3 is 0 Å². The van der Waals surface area contributed by atoms with Gasteiger partial charge in [0.15, 0.2) is 0 Å². The lowest BCUT2D eigenvalue weighted by molar-refractivity contribution is 0.0678. The third-order valence-electron chi connectivity index (χ3n) is 5.00. The van der Waals surface area contributed by atoms with Gasteiger partial charge in [0.2, 0.25) is 0 Å². The summed E-state index contributed by atoms with van der Waals surface area (Å²) in [6.07, 6.45) is 0. The predicted molar refractivity (Wildman–Crippen MR) is 125 cm³/mol. The Bertz CT molecular complexity index is 982. The van der Waals surface area contributed by atoms with Crippen molar-refractivity contribution in [2.75, 3.05) is 20.3 Å².